The molecule has 0 amide bonds. The summed E-state index contributed by atoms with van der Waals surface area (Å²) in [6.45, 7) is 13.3. The van der Waals surface area contributed by atoms with Gasteiger partial charge >= 0.3 is 0 Å². The highest BCUT2D eigenvalue weighted by Gasteiger charge is 2.14. The molecule has 0 aliphatic carbocycles. The van der Waals surface area contributed by atoms with Crippen LogP contribution in [0.1, 0.15) is 59.3 Å². The zero-order valence-corrected chi connectivity index (χ0v) is 12.9. The van der Waals surface area contributed by atoms with E-state index in [2.05, 4.69) is 31.0 Å². The van der Waals surface area contributed by atoms with Crippen LogP contribution in [-0.4, -0.2) is 37.6 Å². The Hall–Kier alpha value is -0.0800. The molecule has 0 aromatic heterocycles. The Bertz CT molecular complexity index is 184. The van der Waals surface area contributed by atoms with Gasteiger partial charge in [-0.05, 0) is 63.7 Å². The molecule has 1 fully saturated rings. The van der Waals surface area contributed by atoms with Crippen molar-refractivity contribution in [1.82, 2.24) is 10.2 Å². The Morgan fingerprint density at radius 2 is 2.00 bits per heavy atom. The summed E-state index contributed by atoms with van der Waals surface area (Å²) < 4.78 is 0. The lowest BCUT2D eigenvalue weighted by Gasteiger charge is -2.27. The van der Waals surface area contributed by atoms with Crippen LogP contribution in [-0.2, 0) is 0 Å². The van der Waals surface area contributed by atoms with Crippen molar-refractivity contribution < 1.29 is 0 Å². The summed E-state index contributed by atoms with van der Waals surface area (Å²) in [5.74, 6) is 1.85. The Kier molecular flexibility index (Phi) is 8.70. The fourth-order valence-corrected chi connectivity index (χ4v) is 3.06. The number of rotatable bonds is 9. The second-order valence-corrected chi connectivity index (χ2v) is 5.93. The van der Waals surface area contributed by atoms with E-state index in [0.29, 0.717) is 0 Å². The van der Waals surface area contributed by atoms with Gasteiger partial charge in [-0.1, -0.05) is 33.6 Å². The van der Waals surface area contributed by atoms with Gasteiger partial charge in [0.05, 0.1) is 0 Å². The van der Waals surface area contributed by atoms with E-state index in [0.717, 1.165) is 11.8 Å². The third-order valence-electron chi connectivity index (χ3n) is 4.60. The van der Waals surface area contributed by atoms with E-state index in [4.69, 9.17) is 0 Å². The van der Waals surface area contributed by atoms with Gasteiger partial charge in [-0.2, -0.15) is 0 Å². The number of hydrogen-bond donors (Lipinski definition) is 1. The van der Waals surface area contributed by atoms with Crippen LogP contribution >= 0.6 is 0 Å². The van der Waals surface area contributed by atoms with Gasteiger partial charge in [0, 0.05) is 6.54 Å². The highest BCUT2D eigenvalue weighted by atomic mass is 15.1. The van der Waals surface area contributed by atoms with Crippen LogP contribution in [0.15, 0.2) is 0 Å². The molecule has 1 aliphatic heterocycles. The Morgan fingerprint density at radius 1 is 1.22 bits per heavy atom. The van der Waals surface area contributed by atoms with Crippen molar-refractivity contribution in [3.8, 4) is 0 Å². The first kappa shape index (κ1) is 16.0. The van der Waals surface area contributed by atoms with Crippen molar-refractivity contribution in [3.63, 3.8) is 0 Å². The third kappa shape index (κ3) is 6.19. The van der Waals surface area contributed by atoms with E-state index in [1.165, 1.54) is 71.2 Å². The topological polar surface area (TPSA) is 15.3 Å². The maximum atomic E-state index is 3.52. The molecule has 1 rings (SSSR count). The molecule has 2 nitrogen and oxygen atoms in total. The van der Waals surface area contributed by atoms with E-state index in [1.54, 1.807) is 0 Å². The first-order valence-electron chi connectivity index (χ1n) is 8.23. The van der Waals surface area contributed by atoms with Crippen LogP contribution in [0.4, 0.5) is 0 Å². The average molecular weight is 254 g/mol. The summed E-state index contributed by atoms with van der Waals surface area (Å²) in [5, 5.41) is 3.52. The summed E-state index contributed by atoms with van der Waals surface area (Å²) in [6, 6.07) is 0. The summed E-state index contributed by atoms with van der Waals surface area (Å²) in [5.41, 5.74) is 0. The van der Waals surface area contributed by atoms with E-state index < -0.39 is 0 Å². The van der Waals surface area contributed by atoms with Crippen LogP contribution < -0.4 is 5.32 Å². The quantitative estimate of drug-likeness (QED) is 0.677. The molecule has 108 valence electrons. The standard InChI is InChI=1S/C16H34N2/c1-4-15(5-2)14-18(6-3)12-8-10-16-9-7-11-17-13-16/h15-17H,4-14H2,1-3H3. The molecular formula is C16H34N2. The van der Waals surface area contributed by atoms with Crippen LogP contribution in [0.3, 0.4) is 0 Å². The van der Waals surface area contributed by atoms with Gasteiger partial charge in [-0.15, -0.1) is 0 Å². The molecule has 0 bridgehead atoms. The molecule has 0 spiro atoms. The first-order chi connectivity index (χ1) is 8.80. The highest BCUT2D eigenvalue weighted by molar-refractivity contribution is 4.70. The van der Waals surface area contributed by atoms with E-state index in [9.17, 15) is 0 Å². The van der Waals surface area contributed by atoms with Crippen LogP contribution in [0.2, 0.25) is 0 Å². The Labute approximate surface area is 115 Å². The second-order valence-electron chi connectivity index (χ2n) is 5.93. The number of hydrogen-bond acceptors (Lipinski definition) is 2. The van der Waals surface area contributed by atoms with E-state index in [1.807, 2.05) is 0 Å². The summed E-state index contributed by atoms with van der Waals surface area (Å²) in [7, 11) is 0. The lowest BCUT2D eigenvalue weighted by molar-refractivity contribution is 0.221. The van der Waals surface area contributed by atoms with E-state index in [-0.39, 0.29) is 0 Å². The number of nitrogens with zero attached hydrogens (tertiary/aromatic N) is 1. The minimum absolute atomic E-state index is 0.904. The maximum Gasteiger partial charge on any atom is 0.000934 e. The lowest BCUT2D eigenvalue weighted by atomic mass is 9.94. The molecule has 1 heterocycles. The predicted molar refractivity (Wildman–Crippen MR) is 81.0 cm³/mol. The normalized spacial score (nSPS) is 20.8. The maximum absolute atomic E-state index is 3.52. The van der Waals surface area contributed by atoms with Gasteiger partial charge in [0.1, 0.15) is 0 Å². The van der Waals surface area contributed by atoms with Gasteiger partial charge in [-0.3, -0.25) is 0 Å². The zero-order chi connectivity index (χ0) is 13.2. The fraction of sp³-hybridized carbons (Fsp3) is 1.00. The molecule has 1 N–H and O–H groups in total. The minimum Gasteiger partial charge on any atom is -0.316 e. The predicted octanol–water partition coefficient (Wildman–Crippen LogP) is 3.52. The smallest absolute Gasteiger partial charge is 0.000934 e. The lowest BCUT2D eigenvalue weighted by Crippen LogP contribution is -2.32. The molecular weight excluding hydrogens is 220 g/mol. The molecule has 0 aromatic carbocycles. The van der Waals surface area contributed by atoms with Crippen molar-refractivity contribution in [2.75, 3.05) is 32.7 Å². The van der Waals surface area contributed by atoms with Gasteiger partial charge < -0.3 is 10.2 Å². The van der Waals surface area contributed by atoms with Gasteiger partial charge in [0.15, 0.2) is 0 Å². The molecule has 0 saturated carbocycles. The van der Waals surface area contributed by atoms with Crippen molar-refractivity contribution in [2.24, 2.45) is 11.8 Å². The summed E-state index contributed by atoms with van der Waals surface area (Å²) in [6.07, 6.45) is 8.31. The van der Waals surface area contributed by atoms with Crippen LogP contribution in [0.25, 0.3) is 0 Å². The molecule has 0 radical (unpaired) electrons. The SMILES string of the molecule is CCC(CC)CN(CC)CCCC1CCCNC1. The van der Waals surface area contributed by atoms with E-state index >= 15 is 0 Å². The minimum atomic E-state index is 0.904. The number of piperidine rings is 1. The summed E-state index contributed by atoms with van der Waals surface area (Å²) in [4.78, 5) is 2.66. The van der Waals surface area contributed by atoms with Crippen molar-refractivity contribution in [1.29, 1.82) is 0 Å². The molecule has 1 aliphatic rings. The number of nitrogens with one attached hydrogen (secondary N) is 1. The molecule has 2 heteroatoms. The molecule has 0 aromatic rings. The molecule has 18 heavy (non-hydrogen) atoms. The molecule has 1 atom stereocenters. The molecule has 1 saturated heterocycles. The van der Waals surface area contributed by atoms with Crippen LogP contribution in [0, 0.1) is 11.8 Å². The second kappa shape index (κ2) is 9.80. The fourth-order valence-electron chi connectivity index (χ4n) is 3.06. The van der Waals surface area contributed by atoms with Crippen molar-refractivity contribution >= 4 is 0 Å². The van der Waals surface area contributed by atoms with Gasteiger partial charge in [-0.25, -0.2) is 0 Å². The Morgan fingerprint density at radius 3 is 2.56 bits per heavy atom. The first-order valence-corrected chi connectivity index (χ1v) is 8.23. The highest BCUT2D eigenvalue weighted by Crippen LogP contribution is 2.17. The zero-order valence-electron chi connectivity index (χ0n) is 12.9. The van der Waals surface area contributed by atoms with Crippen molar-refractivity contribution in [3.05, 3.63) is 0 Å². The van der Waals surface area contributed by atoms with Gasteiger partial charge in [0.25, 0.3) is 0 Å². The monoisotopic (exact) mass is 254 g/mol. The van der Waals surface area contributed by atoms with Gasteiger partial charge in [0.2, 0.25) is 0 Å². The van der Waals surface area contributed by atoms with Crippen molar-refractivity contribution in [2.45, 2.75) is 59.3 Å². The largest absolute Gasteiger partial charge is 0.316 e. The molecule has 1 unspecified atom stereocenters. The third-order valence-corrected chi connectivity index (χ3v) is 4.60. The average Bonchev–Trinajstić information content (AvgIpc) is 2.44. The Balaban J connectivity index is 2.13. The summed E-state index contributed by atoms with van der Waals surface area (Å²) >= 11 is 0. The van der Waals surface area contributed by atoms with Crippen LogP contribution in [0.5, 0.6) is 0 Å².